The van der Waals surface area contributed by atoms with Crippen LogP contribution in [0.4, 0.5) is 0 Å². The fraction of sp³-hybridized carbons (Fsp3) is 0.409. The van der Waals surface area contributed by atoms with Gasteiger partial charge in [0, 0.05) is 18.0 Å². The van der Waals surface area contributed by atoms with Gasteiger partial charge in [0.15, 0.2) is 5.16 Å². The van der Waals surface area contributed by atoms with Crippen molar-refractivity contribution in [3.05, 3.63) is 50.6 Å². The molecule has 5 nitrogen and oxygen atoms in total. The molecule has 1 fully saturated rings. The molecule has 0 radical (unpaired) electrons. The second kappa shape index (κ2) is 8.32. The van der Waals surface area contributed by atoms with Gasteiger partial charge in [-0.1, -0.05) is 23.9 Å². The van der Waals surface area contributed by atoms with Crippen molar-refractivity contribution >= 4 is 39.2 Å². The Labute approximate surface area is 178 Å². The second-order valence-electron chi connectivity index (χ2n) is 7.57. The largest absolute Gasteiger partial charge is 0.342 e. The lowest BCUT2D eigenvalue weighted by molar-refractivity contribution is -0.129. The topological polar surface area (TPSA) is 55.2 Å². The number of hydrogen-bond acceptors (Lipinski definition) is 5. The van der Waals surface area contributed by atoms with Crippen molar-refractivity contribution in [2.45, 2.75) is 45.2 Å². The summed E-state index contributed by atoms with van der Waals surface area (Å²) in [7, 11) is 0. The average Bonchev–Trinajstić information content (AvgIpc) is 3.00. The van der Waals surface area contributed by atoms with Gasteiger partial charge in [0.1, 0.15) is 4.83 Å². The number of benzene rings is 1. The van der Waals surface area contributed by atoms with Gasteiger partial charge in [0.05, 0.1) is 16.8 Å². The molecule has 3 heterocycles. The molecule has 1 aromatic carbocycles. The third-order valence-corrected chi connectivity index (χ3v) is 7.49. The zero-order chi connectivity index (χ0) is 20.5. The molecule has 0 unspecified atom stereocenters. The Morgan fingerprint density at radius 1 is 1.17 bits per heavy atom. The lowest BCUT2D eigenvalue weighted by Gasteiger charge is -2.26. The van der Waals surface area contributed by atoms with Gasteiger partial charge in [-0.25, -0.2) is 4.98 Å². The molecule has 0 bridgehead atoms. The predicted octanol–water partition coefficient (Wildman–Crippen LogP) is 4.48. The fourth-order valence-corrected chi connectivity index (χ4v) is 5.71. The Morgan fingerprint density at radius 2 is 1.93 bits per heavy atom. The number of rotatable bonds is 4. The number of aromatic nitrogens is 2. The Balaban J connectivity index is 1.76. The Morgan fingerprint density at radius 3 is 2.66 bits per heavy atom. The number of piperidine rings is 1. The maximum atomic E-state index is 13.5. The molecule has 29 heavy (non-hydrogen) atoms. The molecule has 0 spiro atoms. The number of likely N-dealkylation sites (tertiary alicyclic amines) is 1. The number of amides is 1. The number of nitrogens with zero attached hydrogens (tertiary/aromatic N) is 3. The number of aryl methyl sites for hydroxylation is 3. The summed E-state index contributed by atoms with van der Waals surface area (Å²) in [6.07, 6.45) is 3.34. The van der Waals surface area contributed by atoms with Gasteiger partial charge < -0.3 is 4.90 Å². The van der Waals surface area contributed by atoms with Crippen LogP contribution in [0.2, 0.25) is 0 Å². The van der Waals surface area contributed by atoms with Crippen LogP contribution in [0, 0.1) is 20.8 Å². The van der Waals surface area contributed by atoms with E-state index in [-0.39, 0.29) is 11.5 Å². The number of carbonyl (C=O) groups excluding carboxylic acids is 1. The highest BCUT2D eigenvalue weighted by Crippen LogP contribution is 2.30. The lowest BCUT2D eigenvalue weighted by Crippen LogP contribution is -2.36. The molecule has 152 valence electrons. The highest BCUT2D eigenvalue weighted by Gasteiger charge is 2.21. The maximum absolute atomic E-state index is 13.5. The van der Waals surface area contributed by atoms with Gasteiger partial charge >= 0.3 is 0 Å². The van der Waals surface area contributed by atoms with Crippen molar-refractivity contribution in [1.82, 2.24) is 14.5 Å². The molecule has 0 N–H and O–H groups in total. The van der Waals surface area contributed by atoms with Gasteiger partial charge in [-0.15, -0.1) is 11.3 Å². The first kappa shape index (κ1) is 20.2. The Hall–Kier alpha value is -2.12. The third kappa shape index (κ3) is 3.98. The van der Waals surface area contributed by atoms with E-state index in [1.807, 2.05) is 49.9 Å². The van der Waals surface area contributed by atoms with Crippen molar-refractivity contribution in [1.29, 1.82) is 0 Å². The van der Waals surface area contributed by atoms with Crippen LogP contribution in [0.1, 0.15) is 35.3 Å². The minimum atomic E-state index is -0.0598. The van der Waals surface area contributed by atoms with Crippen LogP contribution in [0.5, 0.6) is 0 Å². The molecular formula is C22H25N3O2S2. The normalized spacial score (nSPS) is 14.5. The number of thiophene rings is 1. The summed E-state index contributed by atoms with van der Waals surface area (Å²) >= 11 is 2.90. The Kier molecular flexibility index (Phi) is 5.79. The summed E-state index contributed by atoms with van der Waals surface area (Å²) in [6.45, 7) is 7.67. The van der Waals surface area contributed by atoms with Crippen LogP contribution in [-0.2, 0) is 4.79 Å². The summed E-state index contributed by atoms with van der Waals surface area (Å²) < 4.78 is 1.67. The quantitative estimate of drug-likeness (QED) is 0.455. The summed E-state index contributed by atoms with van der Waals surface area (Å²) in [6, 6.07) is 7.86. The summed E-state index contributed by atoms with van der Waals surface area (Å²) in [5, 5.41) is 1.26. The van der Waals surface area contributed by atoms with Gasteiger partial charge in [-0.05, 0) is 63.3 Å². The highest BCUT2D eigenvalue weighted by atomic mass is 32.2. The van der Waals surface area contributed by atoms with Crippen molar-refractivity contribution in [2.24, 2.45) is 0 Å². The van der Waals surface area contributed by atoms with Gasteiger partial charge in [0.25, 0.3) is 5.56 Å². The third-order valence-electron chi connectivity index (χ3n) is 5.47. The van der Waals surface area contributed by atoms with Crippen LogP contribution in [0.15, 0.2) is 34.2 Å². The van der Waals surface area contributed by atoms with Crippen molar-refractivity contribution in [3.8, 4) is 5.69 Å². The molecule has 1 aliphatic rings. The number of fused-ring (bicyclic) bond motifs is 1. The molecule has 0 aliphatic carbocycles. The van der Waals surface area contributed by atoms with E-state index in [9.17, 15) is 9.59 Å². The molecular weight excluding hydrogens is 402 g/mol. The lowest BCUT2D eigenvalue weighted by atomic mass is 10.1. The van der Waals surface area contributed by atoms with E-state index in [0.29, 0.717) is 16.3 Å². The van der Waals surface area contributed by atoms with Gasteiger partial charge in [0.2, 0.25) is 5.91 Å². The van der Waals surface area contributed by atoms with Crippen LogP contribution in [0.25, 0.3) is 15.9 Å². The zero-order valence-electron chi connectivity index (χ0n) is 17.0. The van der Waals surface area contributed by atoms with E-state index in [1.54, 1.807) is 15.9 Å². The summed E-state index contributed by atoms with van der Waals surface area (Å²) in [4.78, 5) is 34.7. The highest BCUT2D eigenvalue weighted by molar-refractivity contribution is 7.99. The predicted molar refractivity (Wildman–Crippen MR) is 121 cm³/mol. The van der Waals surface area contributed by atoms with E-state index in [2.05, 4.69) is 0 Å². The smallest absolute Gasteiger partial charge is 0.267 e. The van der Waals surface area contributed by atoms with Crippen LogP contribution < -0.4 is 5.56 Å². The molecule has 1 saturated heterocycles. The first-order chi connectivity index (χ1) is 14.0. The maximum Gasteiger partial charge on any atom is 0.267 e. The Bertz CT molecular complexity index is 1130. The SMILES string of the molecule is Cc1cccc(-n2c(SCC(=O)N3CCCCC3)nc3sc(C)c(C)c3c2=O)c1. The van der Waals surface area contributed by atoms with E-state index in [1.165, 1.54) is 18.2 Å². The minimum absolute atomic E-state index is 0.0598. The number of thioether (sulfide) groups is 1. The first-order valence-electron chi connectivity index (χ1n) is 9.96. The number of hydrogen-bond donors (Lipinski definition) is 0. The monoisotopic (exact) mass is 427 g/mol. The van der Waals surface area contributed by atoms with Crippen molar-refractivity contribution < 1.29 is 4.79 Å². The van der Waals surface area contributed by atoms with Gasteiger partial charge in [-0.3, -0.25) is 14.2 Å². The molecule has 3 aromatic rings. The van der Waals surface area contributed by atoms with Crippen molar-refractivity contribution in [2.75, 3.05) is 18.8 Å². The van der Waals surface area contributed by atoms with Crippen LogP contribution in [0.3, 0.4) is 0 Å². The number of carbonyl (C=O) groups is 1. The molecule has 0 atom stereocenters. The van der Waals surface area contributed by atoms with E-state index in [0.717, 1.165) is 52.5 Å². The minimum Gasteiger partial charge on any atom is -0.342 e. The van der Waals surface area contributed by atoms with E-state index < -0.39 is 0 Å². The van der Waals surface area contributed by atoms with Crippen LogP contribution >= 0.6 is 23.1 Å². The van der Waals surface area contributed by atoms with Crippen molar-refractivity contribution in [3.63, 3.8) is 0 Å². The zero-order valence-corrected chi connectivity index (χ0v) is 18.7. The molecule has 2 aromatic heterocycles. The molecule has 1 aliphatic heterocycles. The molecule has 1 amide bonds. The average molecular weight is 428 g/mol. The van der Waals surface area contributed by atoms with Gasteiger partial charge in [-0.2, -0.15) is 0 Å². The summed E-state index contributed by atoms with van der Waals surface area (Å²) in [5.41, 5.74) is 2.80. The van der Waals surface area contributed by atoms with E-state index >= 15 is 0 Å². The second-order valence-corrected chi connectivity index (χ2v) is 9.71. The molecule has 4 rings (SSSR count). The fourth-order valence-electron chi connectivity index (χ4n) is 3.73. The first-order valence-corrected chi connectivity index (χ1v) is 11.8. The summed E-state index contributed by atoms with van der Waals surface area (Å²) in [5.74, 6) is 0.422. The van der Waals surface area contributed by atoms with E-state index in [4.69, 9.17) is 4.98 Å². The molecule has 0 saturated carbocycles. The molecule has 7 heteroatoms. The van der Waals surface area contributed by atoms with Crippen LogP contribution in [-0.4, -0.2) is 39.2 Å². The standard InChI is InChI=1S/C22H25N3O2S2/c1-14-8-7-9-17(12-14)25-21(27)19-15(2)16(3)29-20(19)23-22(25)28-13-18(26)24-10-5-4-6-11-24/h7-9,12H,4-6,10-11,13H2,1-3H3.